The molecule has 42 heavy (non-hydrogen) atoms. The van der Waals surface area contributed by atoms with Crippen LogP contribution in [0.5, 0.6) is 0 Å². The molecule has 0 aliphatic carbocycles. The maximum atomic E-state index is 12.0. The maximum absolute atomic E-state index is 12.0. The quantitative estimate of drug-likeness (QED) is 0.0426. The van der Waals surface area contributed by atoms with Crippen LogP contribution in [-0.4, -0.2) is 111 Å². The van der Waals surface area contributed by atoms with E-state index in [0.29, 0.717) is 66.8 Å². The minimum atomic E-state index is -1.12. The van der Waals surface area contributed by atoms with E-state index in [0.717, 1.165) is 12.8 Å². The molecule has 0 fully saturated rings. The molecular weight excluding hydrogens is 556 g/mol. The number of aliphatic carboxylic acids is 1. The lowest BCUT2D eigenvalue weighted by molar-refractivity contribution is -0.166. The van der Waals surface area contributed by atoms with Gasteiger partial charge in [0.25, 0.3) is 0 Å². The number of hydroxylamine groups is 6. The monoisotopic (exact) mass is 604 g/mol. The number of carboxylic acids is 1. The minimum Gasteiger partial charge on any atom is -0.481 e. The van der Waals surface area contributed by atoms with Gasteiger partial charge >= 0.3 is 5.97 Å². The summed E-state index contributed by atoms with van der Waals surface area (Å²) in [4.78, 5) is 69.6. The molecule has 0 rings (SSSR count). The van der Waals surface area contributed by atoms with Crippen molar-refractivity contribution in [2.24, 2.45) is 5.73 Å². The van der Waals surface area contributed by atoms with E-state index in [1.807, 2.05) is 0 Å². The average Bonchev–Trinajstić information content (AvgIpc) is 2.96. The first kappa shape index (κ1) is 38.7. The number of nitrogens with one attached hydrogen (secondary N) is 2. The van der Waals surface area contributed by atoms with E-state index in [-0.39, 0.29) is 76.5 Å². The first-order chi connectivity index (χ1) is 20.0. The van der Waals surface area contributed by atoms with Crippen LogP contribution in [0.3, 0.4) is 0 Å². The Labute approximate surface area is 246 Å². The van der Waals surface area contributed by atoms with Gasteiger partial charge in [-0.2, -0.15) is 0 Å². The number of carbonyl (C=O) groups is 6. The molecule has 8 N–H and O–H groups in total. The van der Waals surface area contributed by atoms with Gasteiger partial charge in [0.1, 0.15) is 0 Å². The summed E-state index contributed by atoms with van der Waals surface area (Å²) in [7, 11) is 0. The molecule has 16 heteroatoms. The summed E-state index contributed by atoms with van der Waals surface area (Å²) in [5, 5.41) is 44.6. The second kappa shape index (κ2) is 24.3. The molecule has 5 amide bonds. The molecule has 0 unspecified atom stereocenters. The highest BCUT2D eigenvalue weighted by molar-refractivity contribution is 5.84. The zero-order valence-corrected chi connectivity index (χ0v) is 24.3. The van der Waals surface area contributed by atoms with Gasteiger partial charge in [-0.25, -0.2) is 15.2 Å². The van der Waals surface area contributed by atoms with Gasteiger partial charge < -0.3 is 21.5 Å². The number of hydrogen-bond donors (Lipinski definition) is 7. The predicted molar refractivity (Wildman–Crippen MR) is 148 cm³/mol. The van der Waals surface area contributed by atoms with Crippen molar-refractivity contribution in [2.45, 2.75) is 89.9 Å². The fourth-order valence-electron chi connectivity index (χ4n) is 3.58. The third-order valence-corrected chi connectivity index (χ3v) is 6.11. The van der Waals surface area contributed by atoms with Crippen LogP contribution in [0, 0.1) is 0 Å². The van der Waals surface area contributed by atoms with Crippen molar-refractivity contribution < 1.29 is 49.5 Å². The first-order valence-corrected chi connectivity index (χ1v) is 14.4. The van der Waals surface area contributed by atoms with E-state index in [1.165, 1.54) is 0 Å². The van der Waals surface area contributed by atoms with Crippen molar-refractivity contribution >= 4 is 35.5 Å². The van der Waals surface area contributed by atoms with Gasteiger partial charge in [-0.15, -0.1) is 0 Å². The Morgan fingerprint density at radius 1 is 0.500 bits per heavy atom. The topological polar surface area (TPSA) is 243 Å². The number of unbranched alkanes of at least 4 members (excludes halogenated alkanes) is 5. The van der Waals surface area contributed by atoms with Gasteiger partial charge in [-0.05, 0) is 51.5 Å². The summed E-state index contributed by atoms with van der Waals surface area (Å²) in [6.45, 7) is 1.45. The number of nitrogens with two attached hydrogens (primary N) is 1. The van der Waals surface area contributed by atoms with Gasteiger partial charge in [-0.3, -0.25) is 44.4 Å². The van der Waals surface area contributed by atoms with Crippen LogP contribution in [-0.2, 0) is 28.8 Å². The molecule has 0 aromatic rings. The number of amides is 5. The van der Waals surface area contributed by atoms with Gasteiger partial charge in [0, 0.05) is 64.8 Å². The molecule has 0 spiro atoms. The Hall–Kier alpha value is -3.34. The standard InChI is InChI=1S/C26H48N6O10/c27-15-3-1-6-18-30(40)23(35)11-10-22(34)29-17-5-8-20-32(42)24(36)12-9-21(33)28-16-4-2-7-19-31(41)25(37)13-14-26(38)39/h40-42H,1-20,27H2,(H,28,33)(H,29,34)(H,38,39). The Morgan fingerprint density at radius 3 is 1.26 bits per heavy atom. The van der Waals surface area contributed by atoms with Crippen LogP contribution in [0.25, 0.3) is 0 Å². The third kappa shape index (κ3) is 21.4. The van der Waals surface area contributed by atoms with Crippen LogP contribution < -0.4 is 16.4 Å². The fraction of sp³-hybridized carbons (Fsp3) is 0.769. The SMILES string of the molecule is NCCCCCN(O)C(=O)CCC(=O)NCCCCN(O)C(=O)CCC(=O)NCCCCCN(O)C(=O)CCC(=O)O. The second-order valence-corrected chi connectivity index (χ2v) is 9.76. The molecule has 242 valence electrons. The van der Waals surface area contributed by atoms with Gasteiger partial charge in [0.2, 0.25) is 29.5 Å². The van der Waals surface area contributed by atoms with Gasteiger partial charge in [-0.1, -0.05) is 6.42 Å². The molecule has 0 bridgehead atoms. The number of nitrogens with zero attached hydrogens (tertiary/aromatic N) is 3. The Bertz CT molecular complexity index is 844. The molecule has 0 radical (unpaired) electrons. The van der Waals surface area contributed by atoms with E-state index in [4.69, 9.17) is 10.8 Å². The van der Waals surface area contributed by atoms with E-state index in [1.54, 1.807) is 0 Å². The predicted octanol–water partition coefficient (Wildman–Crippen LogP) is 0.377. The third-order valence-electron chi connectivity index (χ3n) is 6.11. The van der Waals surface area contributed by atoms with Crippen LogP contribution in [0.1, 0.15) is 89.9 Å². The van der Waals surface area contributed by atoms with E-state index in [9.17, 15) is 44.4 Å². The lowest BCUT2D eigenvalue weighted by Crippen LogP contribution is -2.32. The molecule has 0 aromatic carbocycles. The summed E-state index contributed by atoms with van der Waals surface area (Å²) >= 11 is 0. The summed E-state index contributed by atoms with van der Waals surface area (Å²) in [5.41, 5.74) is 5.39. The summed E-state index contributed by atoms with van der Waals surface area (Å²) in [6.07, 6.45) is 3.65. The lowest BCUT2D eigenvalue weighted by atomic mass is 10.2. The highest BCUT2D eigenvalue weighted by Gasteiger charge is 2.15. The highest BCUT2D eigenvalue weighted by atomic mass is 16.5. The van der Waals surface area contributed by atoms with Crippen molar-refractivity contribution in [3.8, 4) is 0 Å². The molecule has 0 aliphatic heterocycles. The second-order valence-electron chi connectivity index (χ2n) is 9.76. The number of hydrogen-bond acceptors (Lipinski definition) is 10. The van der Waals surface area contributed by atoms with Crippen LogP contribution in [0.15, 0.2) is 0 Å². The fourth-order valence-corrected chi connectivity index (χ4v) is 3.58. The summed E-state index contributed by atoms with van der Waals surface area (Å²) < 4.78 is 0. The normalized spacial score (nSPS) is 10.6. The molecule has 0 saturated carbocycles. The molecule has 0 aromatic heterocycles. The lowest BCUT2D eigenvalue weighted by Gasteiger charge is -2.15. The Morgan fingerprint density at radius 2 is 0.857 bits per heavy atom. The smallest absolute Gasteiger partial charge is 0.303 e. The molecular formula is C26H48N6O10. The number of rotatable bonds is 25. The maximum Gasteiger partial charge on any atom is 0.303 e. The van der Waals surface area contributed by atoms with Gasteiger partial charge in [0.15, 0.2) is 0 Å². The zero-order valence-electron chi connectivity index (χ0n) is 24.3. The molecule has 0 saturated heterocycles. The van der Waals surface area contributed by atoms with E-state index >= 15 is 0 Å². The largest absolute Gasteiger partial charge is 0.481 e. The average molecular weight is 605 g/mol. The molecule has 0 atom stereocenters. The minimum absolute atomic E-state index is 0.0269. The van der Waals surface area contributed by atoms with Crippen molar-refractivity contribution in [1.29, 1.82) is 0 Å². The zero-order chi connectivity index (χ0) is 31.8. The van der Waals surface area contributed by atoms with Crippen molar-refractivity contribution in [3.05, 3.63) is 0 Å². The highest BCUT2D eigenvalue weighted by Crippen LogP contribution is 2.03. The van der Waals surface area contributed by atoms with Crippen molar-refractivity contribution in [3.63, 3.8) is 0 Å². The van der Waals surface area contributed by atoms with E-state index in [2.05, 4.69) is 10.6 Å². The van der Waals surface area contributed by atoms with Crippen molar-refractivity contribution in [2.75, 3.05) is 39.3 Å². The Kier molecular flexibility index (Phi) is 22.3. The first-order valence-electron chi connectivity index (χ1n) is 14.4. The summed E-state index contributed by atoms with van der Waals surface area (Å²) in [6, 6.07) is 0. The van der Waals surface area contributed by atoms with Crippen molar-refractivity contribution in [1.82, 2.24) is 25.8 Å². The van der Waals surface area contributed by atoms with Gasteiger partial charge in [0.05, 0.1) is 6.42 Å². The summed E-state index contributed by atoms with van der Waals surface area (Å²) in [5.74, 6) is -3.63. The number of carbonyl (C=O) groups excluding carboxylic acids is 5. The molecule has 0 aliphatic rings. The van der Waals surface area contributed by atoms with Crippen LogP contribution in [0.2, 0.25) is 0 Å². The van der Waals surface area contributed by atoms with Crippen LogP contribution in [0.4, 0.5) is 0 Å². The van der Waals surface area contributed by atoms with Crippen LogP contribution >= 0.6 is 0 Å². The van der Waals surface area contributed by atoms with E-state index < -0.39 is 23.7 Å². The number of carboxylic acid groups (broad SMARTS) is 1. The molecule has 0 heterocycles. The Balaban J connectivity index is 3.82. The molecule has 16 nitrogen and oxygen atoms in total.